The van der Waals surface area contributed by atoms with Gasteiger partial charge in [-0.2, -0.15) is 0 Å². The van der Waals surface area contributed by atoms with E-state index in [1.807, 2.05) is 18.4 Å². The molecule has 0 unspecified atom stereocenters. The van der Waals surface area contributed by atoms with Crippen LogP contribution in [0.3, 0.4) is 0 Å². The fourth-order valence-electron chi connectivity index (χ4n) is 2.02. The van der Waals surface area contributed by atoms with Crippen LogP contribution >= 0.6 is 0 Å². The lowest BCUT2D eigenvalue weighted by atomic mass is 10.4. The number of ether oxygens (including phenoxy) is 1. The van der Waals surface area contributed by atoms with Crippen molar-refractivity contribution in [1.82, 2.24) is 30.3 Å². The first-order valence-corrected chi connectivity index (χ1v) is 8.75. The van der Waals surface area contributed by atoms with Gasteiger partial charge in [0, 0.05) is 53.4 Å². The zero-order valence-corrected chi connectivity index (χ0v) is 15.8. The Morgan fingerprint density at radius 3 is 2.76 bits per heavy atom. The Hall–Kier alpha value is -2.16. The van der Waals surface area contributed by atoms with Gasteiger partial charge in [0.1, 0.15) is 18.7 Å². The quantitative estimate of drug-likeness (QED) is 0.327. The molecule has 0 atom stereocenters. The molecule has 0 aliphatic rings. The first-order chi connectivity index (χ1) is 12.1. The van der Waals surface area contributed by atoms with E-state index in [1.54, 1.807) is 20.4 Å². The van der Waals surface area contributed by atoms with Crippen LogP contribution in [0.1, 0.15) is 26.1 Å². The van der Waals surface area contributed by atoms with E-state index in [1.165, 1.54) is 4.90 Å². The van der Waals surface area contributed by atoms with Crippen molar-refractivity contribution < 1.29 is 9.53 Å². The average Bonchev–Trinajstić information content (AvgIpc) is 3.05. The van der Waals surface area contributed by atoms with Crippen LogP contribution in [-0.2, 0) is 22.5 Å². The molecule has 1 amide bonds. The lowest BCUT2D eigenvalue weighted by Gasteiger charge is -2.14. The maximum Gasteiger partial charge on any atom is 0.243 e. The van der Waals surface area contributed by atoms with Gasteiger partial charge in [0.2, 0.25) is 5.91 Å². The molecular weight excluding hydrogens is 322 g/mol. The lowest BCUT2D eigenvalue weighted by molar-refractivity contribution is -0.127. The van der Waals surface area contributed by atoms with Gasteiger partial charge in [0.25, 0.3) is 0 Å². The van der Waals surface area contributed by atoms with Gasteiger partial charge in [-0.1, -0.05) is 6.92 Å². The molecule has 25 heavy (non-hydrogen) atoms. The van der Waals surface area contributed by atoms with Gasteiger partial charge in [-0.25, -0.2) is 4.99 Å². The van der Waals surface area contributed by atoms with E-state index in [4.69, 9.17) is 4.74 Å². The first kappa shape index (κ1) is 20.9. The number of aromatic nitrogens is 3. The summed E-state index contributed by atoms with van der Waals surface area (Å²) in [5, 5.41) is 14.5. The van der Waals surface area contributed by atoms with Gasteiger partial charge in [-0.15, -0.1) is 10.2 Å². The smallest absolute Gasteiger partial charge is 0.243 e. The van der Waals surface area contributed by atoms with Crippen LogP contribution in [0.15, 0.2) is 11.3 Å². The third-order valence-electron chi connectivity index (χ3n) is 3.49. The molecule has 0 saturated carbocycles. The number of amides is 1. The molecule has 0 aliphatic heterocycles. The zero-order valence-electron chi connectivity index (χ0n) is 15.8. The third kappa shape index (κ3) is 8.48. The second kappa shape index (κ2) is 12.2. The number of carbonyl (C=O) groups excluding carboxylic acids is 1. The molecule has 2 N–H and O–H groups in total. The van der Waals surface area contributed by atoms with Gasteiger partial charge in [-0.3, -0.25) is 4.79 Å². The Morgan fingerprint density at radius 2 is 2.08 bits per heavy atom. The summed E-state index contributed by atoms with van der Waals surface area (Å²) in [7, 11) is 3.44. The maximum absolute atomic E-state index is 11.7. The van der Waals surface area contributed by atoms with E-state index in [-0.39, 0.29) is 12.5 Å². The molecule has 0 aliphatic carbocycles. The summed E-state index contributed by atoms with van der Waals surface area (Å²) in [6.45, 7) is 7.69. The van der Waals surface area contributed by atoms with E-state index in [0.717, 1.165) is 38.4 Å². The van der Waals surface area contributed by atoms with Gasteiger partial charge < -0.3 is 24.8 Å². The number of aliphatic imine (C=N–C) groups is 1. The van der Waals surface area contributed by atoms with Crippen LogP contribution in [0, 0.1) is 0 Å². The highest BCUT2D eigenvalue weighted by molar-refractivity contribution is 5.84. The predicted octanol–water partition coefficient (Wildman–Crippen LogP) is -0.109. The SMILES string of the molecule is CCOCCCNC(=NCC(=O)N(C)C)NCCn1cnnc1CC. The average molecular weight is 353 g/mol. The van der Waals surface area contributed by atoms with Crippen molar-refractivity contribution >= 4 is 11.9 Å². The van der Waals surface area contributed by atoms with Gasteiger partial charge in [0.05, 0.1) is 0 Å². The number of carbonyl (C=O) groups is 1. The van der Waals surface area contributed by atoms with Crippen molar-refractivity contribution in [3.8, 4) is 0 Å². The Bertz CT molecular complexity index is 528. The molecule has 0 radical (unpaired) electrons. The summed E-state index contributed by atoms with van der Waals surface area (Å²) in [6.07, 6.45) is 3.44. The van der Waals surface area contributed by atoms with E-state index in [0.29, 0.717) is 19.1 Å². The van der Waals surface area contributed by atoms with E-state index < -0.39 is 0 Å². The number of hydrogen-bond donors (Lipinski definition) is 2. The normalized spacial score (nSPS) is 11.4. The molecule has 0 aromatic carbocycles. The molecule has 1 heterocycles. The molecule has 1 rings (SSSR count). The summed E-state index contributed by atoms with van der Waals surface area (Å²) in [5.74, 6) is 1.54. The Morgan fingerprint density at radius 1 is 1.32 bits per heavy atom. The van der Waals surface area contributed by atoms with Crippen LogP contribution in [0.2, 0.25) is 0 Å². The highest BCUT2D eigenvalue weighted by atomic mass is 16.5. The minimum Gasteiger partial charge on any atom is -0.382 e. The minimum atomic E-state index is -0.0394. The molecule has 1 aromatic rings. The summed E-state index contributed by atoms with van der Waals surface area (Å²) in [6, 6.07) is 0. The summed E-state index contributed by atoms with van der Waals surface area (Å²) < 4.78 is 7.33. The highest BCUT2D eigenvalue weighted by Crippen LogP contribution is 1.94. The second-order valence-electron chi connectivity index (χ2n) is 5.65. The Kier molecular flexibility index (Phi) is 10.2. The highest BCUT2D eigenvalue weighted by Gasteiger charge is 2.05. The van der Waals surface area contributed by atoms with Crippen LogP contribution < -0.4 is 10.6 Å². The Labute approximate surface area is 149 Å². The number of aryl methyl sites for hydroxylation is 1. The number of hydrogen-bond acceptors (Lipinski definition) is 5. The van der Waals surface area contributed by atoms with Crippen molar-refractivity contribution in [3.05, 3.63) is 12.2 Å². The molecule has 1 aromatic heterocycles. The molecule has 142 valence electrons. The van der Waals surface area contributed by atoms with Gasteiger partial charge in [0.15, 0.2) is 5.96 Å². The molecular formula is C16H31N7O2. The summed E-state index contributed by atoms with van der Waals surface area (Å²) in [5.41, 5.74) is 0. The predicted molar refractivity (Wildman–Crippen MR) is 97.5 cm³/mol. The van der Waals surface area contributed by atoms with Crippen molar-refractivity contribution in [2.45, 2.75) is 33.2 Å². The number of nitrogens with one attached hydrogen (secondary N) is 2. The molecule has 9 nitrogen and oxygen atoms in total. The standard InChI is InChI=1S/C16H31N7O2/c1-5-14-21-20-13-23(14)10-9-18-16(17-8-7-11-25-6-2)19-12-15(24)22(3)4/h13H,5-12H2,1-4H3,(H2,17,18,19). The summed E-state index contributed by atoms with van der Waals surface area (Å²) in [4.78, 5) is 17.6. The molecule has 0 spiro atoms. The van der Waals surface area contributed by atoms with E-state index in [2.05, 4.69) is 25.8 Å². The van der Waals surface area contributed by atoms with E-state index >= 15 is 0 Å². The topological polar surface area (TPSA) is 96.7 Å². The van der Waals surface area contributed by atoms with E-state index in [9.17, 15) is 4.79 Å². The van der Waals surface area contributed by atoms with Crippen LogP contribution in [0.5, 0.6) is 0 Å². The fourth-order valence-corrected chi connectivity index (χ4v) is 2.02. The Balaban J connectivity index is 2.48. The van der Waals surface area contributed by atoms with Crippen molar-refractivity contribution in [3.63, 3.8) is 0 Å². The van der Waals surface area contributed by atoms with Crippen LogP contribution in [-0.4, -0.2) is 78.5 Å². The monoisotopic (exact) mass is 353 g/mol. The third-order valence-corrected chi connectivity index (χ3v) is 3.49. The number of nitrogens with zero attached hydrogens (tertiary/aromatic N) is 5. The maximum atomic E-state index is 11.7. The number of guanidine groups is 1. The number of likely N-dealkylation sites (N-methyl/N-ethyl adjacent to an activating group) is 1. The summed E-state index contributed by atoms with van der Waals surface area (Å²) >= 11 is 0. The molecule has 0 bridgehead atoms. The van der Waals surface area contributed by atoms with Crippen LogP contribution in [0.4, 0.5) is 0 Å². The van der Waals surface area contributed by atoms with Gasteiger partial charge >= 0.3 is 0 Å². The van der Waals surface area contributed by atoms with Gasteiger partial charge in [-0.05, 0) is 13.3 Å². The molecule has 9 heteroatoms. The first-order valence-electron chi connectivity index (χ1n) is 8.75. The zero-order chi connectivity index (χ0) is 18.5. The lowest BCUT2D eigenvalue weighted by Crippen LogP contribution is -2.40. The van der Waals surface area contributed by atoms with Crippen LogP contribution in [0.25, 0.3) is 0 Å². The largest absolute Gasteiger partial charge is 0.382 e. The van der Waals surface area contributed by atoms with Crippen molar-refractivity contribution in [2.75, 3.05) is 46.9 Å². The molecule has 0 saturated heterocycles. The fraction of sp³-hybridized carbons (Fsp3) is 0.750. The van der Waals surface area contributed by atoms with Crippen molar-refractivity contribution in [1.29, 1.82) is 0 Å². The molecule has 0 fully saturated rings. The van der Waals surface area contributed by atoms with Crippen molar-refractivity contribution in [2.24, 2.45) is 4.99 Å². The minimum absolute atomic E-state index is 0.0394. The second-order valence-corrected chi connectivity index (χ2v) is 5.65. The number of rotatable bonds is 11.